The van der Waals surface area contributed by atoms with E-state index >= 15 is 0 Å². The fraction of sp³-hybridized carbons (Fsp3) is 0.154. The van der Waals surface area contributed by atoms with Gasteiger partial charge in [0.05, 0.1) is 11.1 Å². The number of rotatable bonds is 3. The lowest BCUT2D eigenvalue weighted by Gasteiger charge is -2.11. The van der Waals surface area contributed by atoms with Gasteiger partial charge in [-0.3, -0.25) is 9.59 Å². The molecule has 0 fully saturated rings. The van der Waals surface area contributed by atoms with Gasteiger partial charge < -0.3 is 10.1 Å². The van der Waals surface area contributed by atoms with Crippen molar-refractivity contribution in [3.05, 3.63) is 57.4 Å². The first kappa shape index (κ1) is 13.0. The van der Waals surface area contributed by atoms with Gasteiger partial charge in [0.15, 0.2) is 0 Å². The van der Waals surface area contributed by atoms with E-state index in [4.69, 9.17) is 0 Å². The van der Waals surface area contributed by atoms with Crippen LogP contribution >= 0.6 is 0 Å². The summed E-state index contributed by atoms with van der Waals surface area (Å²) in [6, 6.07) is 4.99. The van der Waals surface area contributed by atoms with Crippen LogP contribution in [0.15, 0.2) is 30.6 Å². The average molecular weight is 286 g/mol. The molecule has 0 bridgehead atoms. The number of imide groups is 1. The Hall–Kier alpha value is -3.03. The predicted molar refractivity (Wildman–Crippen MR) is 71.6 cm³/mol. The monoisotopic (exact) mass is 286 g/mol. The number of carbonyl (C=O) groups is 2. The summed E-state index contributed by atoms with van der Waals surface area (Å²) in [5.74, 6) is -1.75. The minimum atomic E-state index is -0.746. The summed E-state index contributed by atoms with van der Waals surface area (Å²) in [6.07, 6.45) is 2.97. The Balaban J connectivity index is 2.16. The fourth-order valence-electron chi connectivity index (χ4n) is 2.41. The summed E-state index contributed by atoms with van der Waals surface area (Å²) in [7, 11) is 0. The number of fused-ring (bicyclic) bond motifs is 1. The van der Waals surface area contributed by atoms with E-state index in [2.05, 4.69) is 4.98 Å². The SMILES string of the molecule is CCc1cccc2c1C(=O)N(n1ccnc1[N+](=O)[O-])C2=O. The minimum absolute atomic E-state index is 0.252. The van der Waals surface area contributed by atoms with Gasteiger partial charge in [0.2, 0.25) is 0 Å². The largest absolute Gasteiger partial charge is 0.457 e. The highest BCUT2D eigenvalue weighted by molar-refractivity contribution is 6.31. The van der Waals surface area contributed by atoms with E-state index in [0.717, 1.165) is 15.2 Å². The Morgan fingerprint density at radius 3 is 2.71 bits per heavy atom. The fourth-order valence-corrected chi connectivity index (χ4v) is 2.41. The first-order valence-corrected chi connectivity index (χ1v) is 6.25. The van der Waals surface area contributed by atoms with Crippen molar-refractivity contribution in [3.63, 3.8) is 0 Å². The van der Waals surface area contributed by atoms with Crippen molar-refractivity contribution in [1.29, 1.82) is 0 Å². The van der Waals surface area contributed by atoms with Crippen LogP contribution in [0.1, 0.15) is 33.2 Å². The number of hydrogen-bond acceptors (Lipinski definition) is 5. The van der Waals surface area contributed by atoms with Crippen LogP contribution < -0.4 is 5.01 Å². The molecule has 1 aromatic carbocycles. The molecule has 8 heteroatoms. The van der Waals surface area contributed by atoms with Gasteiger partial charge in [0.1, 0.15) is 12.4 Å². The molecular weight excluding hydrogens is 276 g/mol. The number of aryl methyl sites for hydroxylation is 1. The van der Waals surface area contributed by atoms with Gasteiger partial charge in [-0.05, 0) is 23.0 Å². The van der Waals surface area contributed by atoms with Crippen molar-refractivity contribution in [2.24, 2.45) is 0 Å². The normalized spacial score (nSPS) is 13.7. The van der Waals surface area contributed by atoms with Gasteiger partial charge in [-0.25, -0.2) is 0 Å². The zero-order valence-corrected chi connectivity index (χ0v) is 11.0. The second-order valence-electron chi connectivity index (χ2n) is 4.44. The number of carbonyl (C=O) groups excluding carboxylic acids is 2. The number of imidazole rings is 1. The highest BCUT2D eigenvalue weighted by atomic mass is 16.6. The molecular formula is C13H10N4O4. The van der Waals surface area contributed by atoms with Crippen molar-refractivity contribution in [2.75, 3.05) is 5.01 Å². The lowest BCUT2D eigenvalue weighted by Crippen LogP contribution is -2.40. The van der Waals surface area contributed by atoms with Crippen LogP contribution in [-0.2, 0) is 6.42 Å². The molecule has 21 heavy (non-hydrogen) atoms. The number of benzene rings is 1. The number of nitro groups is 1. The number of amides is 2. The molecule has 0 atom stereocenters. The van der Waals surface area contributed by atoms with Gasteiger partial charge in [-0.1, -0.05) is 24.0 Å². The lowest BCUT2D eigenvalue weighted by molar-refractivity contribution is -0.396. The molecule has 1 aliphatic heterocycles. The Morgan fingerprint density at radius 1 is 1.29 bits per heavy atom. The summed E-state index contributed by atoms with van der Waals surface area (Å²) < 4.78 is 0.865. The molecule has 0 unspecified atom stereocenters. The standard InChI is InChI=1S/C13H10N4O4/c1-2-8-4-3-5-9-10(8)12(19)16(11(9)18)15-7-6-14-13(15)17(20)21/h3-7H,2H2,1H3. The van der Waals surface area contributed by atoms with Crippen molar-refractivity contribution in [1.82, 2.24) is 9.66 Å². The van der Waals surface area contributed by atoms with Gasteiger partial charge >= 0.3 is 5.95 Å². The molecule has 0 N–H and O–H groups in total. The molecule has 0 aliphatic carbocycles. The van der Waals surface area contributed by atoms with E-state index < -0.39 is 22.7 Å². The Morgan fingerprint density at radius 2 is 2.05 bits per heavy atom. The van der Waals surface area contributed by atoms with E-state index in [1.807, 2.05) is 6.92 Å². The second-order valence-corrected chi connectivity index (χ2v) is 4.44. The maximum atomic E-state index is 12.5. The van der Waals surface area contributed by atoms with Crippen molar-refractivity contribution < 1.29 is 14.5 Å². The van der Waals surface area contributed by atoms with E-state index in [1.165, 1.54) is 18.5 Å². The zero-order valence-electron chi connectivity index (χ0n) is 11.0. The third kappa shape index (κ3) is 1.72. The first-order chi connectivity index (χ1) is 10.1. The summed E-state index contributed by atoms with van der Waals surface area (Å²) in [4.78, 5) is 38.6. The Kier molecular flexibility index (Phi) is 2.79. The van der Waals surface area contributed by atoms with Crippen LogP contribution in [0.25, 0.3) is 0 Å². The maximum Gasteiger partial charge on any atom is 0.457 e. The van der Waals surface area contributed by atoms with E-state index in [0.29, 0.717) is 12.0 Å². The zero-order chi connectivity index (χ0) is 15.1. The maximum absolute atomic E-state index is 12.5. The topological polar surface area (TPSA) is 98.3 Å². The average Bonchev–Trinajstić information content (AvgIpc) is 3.03. The Labute approximate surface area is 118 Å². The van der Waals surface area contributed by atoms with Gasteiger partial charge in [-0.2, -0.15) is 0 Å². The van der Waals surface area contributed by atoms with E-state index in [-0.39, 0.29) is 5.56 Å². The van der Waals surface area contributed by atoms with Gasteiger partial charge in [0, 0.05) is 0 Å². The van der Waals surface area contributed by atoms with Crippen LogP contribution in [0, 0.1) is 10.1 Å². The molecule has 0 saturated heterocycles. The van der Waals surface area contributed by atoms with Gasteiger partial charge in [0.25, 0.3) is 11.8 Å². The third-order valence-corrected chi connectivity index (χ3v) is 3.34. The van der Waals surface area contributed by atoms with Crippen LogP contribution in [0.3, 0.4) is 0 Å². The molecule has 3 rings (SSSR count). The van der Waals surface area contributed by atoms with Crippen LogP contribution in [0.5, 0.6) is 0 Å². The summed E-state index contributed by atoms with van der Waals surface area (Å²) in [6.45, 7) is 1.87. The first-order valence-electron chi connectivity index (χ1n) is 6.25. The minimum Gasteiger partial charge on any atom is -0.390 e. The van der Waals surface area contributed by atoms with Crippen molar-refractivity contribution >= 4 is 17.8 Å². The predicted octanol–water partition coefficient (Wildman–Crippen LogP) is 1.29. The van der Waals surface area contributed by atoms with Crippen molar-refractivity contribution in [2.45, 2.75) is 13.3 Å². The summed E-state index contributed by atoms with van der Waals surface area (Å²) in [5, 5.41) is 11.7. The molecule has 2 heterocycles. The molecule has 0 radical (unpaired) electrons. The summed E-state index contributed by atoms with van der Waals surface area (Å²) in [5.41, 5.74) is 1.28. The summed E-state index contributed by atoms with van der Waals surface area (Å²) >= 11 is 0. The molecule has 0 saturated carbocycles. The molecule has 2 aromatic rings. The van der Waals surface area contributed by atoms with Crippen LogP contribution in [0.4, 0.5) is 5.95 Å². The highest BCUT2D eigenvalue weighted by Crippen LogP contribution is 2.27. The number of nitrogens with zero attached hydrogens (tertiary/aromatic N) is 4. The third-order valence-electron chi connectivity index (χ3n) is 3.34. The van der Waals surface area contributed by atoms with Crippen molar-refractivity contribution in [3.8, 4) is 0 Å². The Bertz CT molecular complexity index is 780. The molecule has 1 aliphatic rings. The van der Waals surface area contributed by atoms with E-state index in [9.17, 15) is 19.7 Å². The number of aromatic nitrogens is 2. The molecule has 8 nitrogen and oxygen atoms in total. The van der Waals surface area contributed by atoms with Crippen LogP contribution in [-0.4, -0.2) is 26.4 Å². The molecule has 106 valence electrons. The number of hydrogen-bond donors (Lipinski definition) is 0. The highest BCUT2D eigenvalue weighted by Gasteiger charge is 2.42. The second kappa shape index (κ2) is 4.51. The molecule has 0 spiro atoms. The smallest absolute Gasteiger partial charge is 0.390 e. The van der Waals surface area contributed by atoms with Crippen LogP contribution in [0.2, 0.25) is 0 Å². The molecule has 2 amide bonds. The lowest BCUT2D eigenvalue weighted by atomic mass is 10.0. The van der Waals surface area contributed by atoms with E-state index in [1.54, 1.807) is 12.1 Å². The molecule has 1 aromatic heterocycles. The van der Waals surface area contributed by atoms with Gasteiger partial charge in [-0.15, -0.1) is 9.69 Å². The quantitative estimate of drug-likeness (QED) is 0.481.